The average Bonchev–Trinajstić information content (AvgIpc) is 3.23. The first-order valence-corrected chi connectivity index (χ1v) is 9.13. The second-order valence-corrected chi connectivity index (χ2v) is 7.66. The third-order valence-corrected chi connectivity index (χ3v) is 5.68. The average molecular weight is 358 g/mol. The zero-order chi connectivity index (χ0) is 17.6. The van der Waals surface area contributed by atoms with Crippen LogP contribution in [0.4, 0.5) is 5.69 Å². The molecule has 7 nitrogen and oxygen atoms in total. The van der Waals surface area contributed by atoms with Crippen LogP contribution in [0.25, 0.3) is 0 Å². The lowest BCUT2D eigenvalue weighted by atomic mass is 10.1. The minimum absolute atomic E-state index is 0.0394. The van der Waals surface area contributed by atoms with Gasteiger partial charge in [-0.15, -0.1) is 22.0 Å². The quantitative estimate of drug-likeness (QED) is 0.888. The van der Waals surface area contributed by atoms with Crippen LogP contribution in [0.1, 0.15) is 47.9 Å². The van der Waals surface area contributed by atoms with E-state index in [-0.39, 0.29) is 23.1 Å². The summed E-state index contributed by atoms with van der Waals surface area (Å²) < 4.78 is 5.52. The van der Waals surface area contributed by atoms with Gasteiger partial charge >= 0.3 is 0 Å². The molecular weight excluding hydrogens is 340 g/mol. The molecule has 3 heterocycles. The van der Waals surface area contributed by atoms with Crippen LogP contribution in [-0.2, 0) is 4.79 Å². The summed E-state index contributed by atoms with van der Waals surface area (Å²) >= 11 is 1.50. The SMILES string of the molecule is Cc1nnc([C@@H]2CCCN2C(=O)c2ccc3c(c2)NC(=O)[C@@H](C)S3)o1. The van der Waals surface area contributed by atoms with Crippen molar-refractivity contribution in [1.29, 1.82) is 0 Å². The number of benzene rings is 1. The molecule has 2 aromatic rings. The molecule has 1 fully saturated rings. The Morgan fingerprint density at radius 1 is 1.40 bits per heavy atom. The number of hydrogen-bond acceptors (Lipinski definition) is 6. The fraction of sp³-hybridized carbons (Fsp3) is 0.412. The molecule has 130 valence electrons. The maximum atomic E-state index is 13.0. The van der Waals surface area contributed by atoms with E-state index < -0.39 is 0 Å². The van der Waals surface area contributed by atoms with Crippen LogP contribution in [0, 0.1) is 6.92 Å². The van der Waals surface area contributed by atoms with Gasteiger partial charge in [-0.3, -0.25) is 9.59 Å². The van der Waals surface area contributed by atoms with Gasteiger partial charge in [-0.2, -0.15) is 0 Å². The minimum atomic E-state index is -0.186. The zero-order valence-electron chi connectivity index (χ0n) is 14.0. The van der Waals surface area contributed by atoms with Gasteiger partial charge in [0.15, 0.2) is 0 Å². The van der Waals surface area contributed by atoms with E-state index in [9.17, 15) is 9.59 Å². The number of nitrogens with zero attached hydrogens (tertiary/aromatic N) is 3. The molecular formula is C17H18N4O3S. The molecule has 0 aliphatic carbocycles. The largest absolute Gasteiger partial charge is 0.423 e. The Morgan fingerprint density at radius 3 is 3.00 bits per heavy atom. The highest BCUT2D eigenvalue weighted by Crippen LogP contribution is 2.37. The standard InChI is InChI=1S/C17H18N4O3S/c1-9-15(22)18-12-8-11(5-6-14(12)25-9)17(23)21-7-3-4-13(21)16-20-19-10(2)24-16/h5-6,8-9,13H,3-4,7H2,1-2H3,(H,18,22)/t9-,13+/m1/s1. The summed E-state index contributed by atoms with van der Waals surface area (Å²) in [7, 11) is 0. The van der Waals surface area contributed by atoms with E-state index in [4.69, 9.17) is 4.42 Å². The maximum Gasteiger partial charge on any atom is 0.254 e. The van der Waals surface area contributed by atoms with Crippen LogP contribution in [0.5, 0.6) is 0 Å². The van der Waals surface area contributed by atoms with E-state index in [1.807, 2.05) is 19.1 Å². The lowest BCUT2D eigenvalue weighted by Gasteiger charge is -2.24. The number of fused-ring (bicyclic) bond motifs is 1. The summed E-state index contributed by atoms with van der Waals surface area (Å²) in [6.45, 7) is 4.26. The van der Waals surface area contributed by atoms with E-state index in [0.717, 1.165) is 17.7 Å². The molecule has 1 N–H and O–H groups in total. The van der Waals surface area contributed by atoms with Gasteiger partial charge in [0.05, 0.1) is 10.9 Å². The predicted octanol–water partition coefficient (Wildman–Crippen LogP) is 2.79. The van der Waals surface area contributed by atoms with Crippen molar-refractivity contribution < 1.29 is 14.0 Å². The van der Waals surface area contributed by atoms with Crippen molar-refractivity contribution in [1.82, 2.24) is 15.1 Å². The maximum absolute atomic E-state index is 13.0. The smallest absolute Gasteiger partial charge is 0.254 e. The van der Waals surface area contributed by atoms with E-state index >= 15 is 0 Å². The number of anilines is 1. The van der Waals surface area contributed by atoms with Crippen molar-refractivity contribution in [2.24, 2.45) is 0 Å². The fourth-order valence-corrected chi connectivity index (χ4v) is 4.15. The van der Waals surface area contributed by atoms with Gasteiger partial charge in [-0.25, -0.2) is 0 Å². The first-order valence-electron chi connectivity index (χ1n) is 8.25. The number of hydrogen-bond donors (Lipinski definition) is 1. The second kappa shape index (κ2) is 6.18. The summed E-state index contributed by atoms with van der Waals surface area (Å²) in [6, 6.07) is 5.27. The summed E-state index contributed by atoms with van der Waals surface area (Å²) in [6.07, 6.45) is 1.70. The molecule has 2 atom stereocenters. The van der Waals surface area contributed by atoms with Crippen LogP contribution in [0.3, 0.4) is 0 Å². The highest BCUT2D eigenvalue weighted by molar-refractivity contribution is 8.00. The molecule has 2 aliphatic rings. The first kappa shape index (κ1) is 16.1. The number of aromatic nitrogens is 2. The first-order chi connectivity index (χ1) is 12.0. The van der Waals surface area contributed by atoms with Crippen molar-refractivity contribution in [3.63, 3.8) is 0 Å². The highest BCUT2D eigenvalue weighted by Gasteiger charge is 2.34. The second-order valence-electron chi connectivity index (χ2n) is 6.28. The van der Waals surface area contributed by atoms with Gasteiger partial charge in [-0.1, -0.05) is 0 Å². The van der Waals surface area contributed by atoms with Crippen LogP contribution in [0.2, 0.25) is 0 Å². The van der Waals surface area contributed by atoms with Gasteiger partial charge in [0, 0.05) is 23.9 Å². The molecule has 2 amide bonds. The molecule has 0 bridgehead atoms. The normalized spacial score (nSPS) is 22.6. The number of carbonyl (C=O) groups is 2. The van der Waals surface area contributed by atoms with Crippen molar-refractivity contribution in [3.05, 3.63) is 35.5 Å². The number of rotatable bonds is 2. The zero-order valence-corrected chi connectivity index (χ0v) is 14.8. The molecule has 0 radical (unpaired) electrons. The van der Waals surface area contributed by atoms with Crippen molar-refractivity contribution in [3.8, 4) is 0 Å². The fourth-order valence-electron chi connectivity index (χ4n) is 3.22. The van der Waals surface area contributed by atoms with Gasteiger partial charge in [-0.05, 0) is 38.0 Å². The third kappa shape index (κ3) is 2.90. The van der Waals surface area contributed by atoms with Crippen molar-refractivity contribution in [2.75, 3.05) is 11.9 Å². The van der Waals surface area contributed by atoms with Gasteiger partial charge < -0.3 is 14.6 Å². The molecule has 25 heavy (non-hydrogen) atoms. The third-order valence-electron chi connectivity index (χ3n) is 4.50. The van der Waals surface area contributed by atoms with Crippen LogP contribution < -0.4 is 5.32 Å². The van der Waals surface area contributed by atoms with Crippen molar-refractivity contribution in [2.45, 2.75) is 42.9 Å². The molecule has 1 saturated heterocycles. The van der Waals surface area contributed by atoms with Gasteiger partial charge in [0.25, 0.3) is 5.91 Å². The van der Waals surface area contributed by atoms with E-state index in [1.54, 1.807) is 17.9 Å². The van der Waals surface area contributed by atoms with E-state index in [1.165, 1.54) is 11.8 Å². The summed E-state index contributed by atoms with van der Waals surface area (Å²) in [5.74, 6) is 0.859. The summed E-state index contributed by atoms with van der Waals surface area (Å²) in [5.41, 5.74) is 1.25. The molecule has 4 rings (SSSR count). The predicted molar refractivity (Wildman–Crippen MR) is 92.4 cm³/mol. The van der Waals surface area contributed by atoms with Crippen molar-refractivity contribution >= 4 is 29.3 Å². The molecule has 1 aromatic heterocycles. The van der Waals surface area contributed by atoms with E-state index in [2.05, 4.69) is 15.5 Å². The van der Waals surface area contributed by atoms with Gasteiger partial charge in [0.1, 0.15) is 6.04 Å². The molecule has 0 spiro atoms. The highest BCUT2D eigenvalue weighted by atomic mass is 32.2. The number of aryl methyl sites for hydroxylation is 1. The summed E-state index contributed by atoms with van der Waals surface area (Å²) in [5, 5.41) is 10.7. The molecule has 0 saturated carbocycles. The van der Waals surface area contributed by atoms with Gasteiger partial charge in [0.2, 0.25) is 17.7 Å². The lowest BCUT2D eigenvalue weighted by Crippen LogP contribution is -2.31. The molecule has 8 heteroatoms. The van der Waals surface area contributed by atoms with Crippen LogP contribution >= 0.6 is 11.8 Å². The number of likely N-dealkylation sites (tertiary alicyclic amines) is 1. The Morgan fingerprint density at radius 2 is 2.24 bits per heavy atom. The summed E-state index contributed by atoms with van der Waals surface area (Å²) in [4.78, 5) is 27.6. The monoisotopic (exact) mass is 358 g/mol. The van der Waals surface area contributed by atoms with Crippen LogP contribution in [0.15, 0.2) is 27.5 Å². The number of nitrogens with one attached hydrogen (secondary N) is 1. The number of amides is 2. The minimum Gasteiger partial charge on any atom is -0.423 e. The molecule has 0 unspecified atom stereocenters. The lowest BCUT2D eigenvalue weighted by molar-refractivity contribution is -0.115. The Balaban J connectivity index is 1.60. The number of thioether (sulfide) groups is 1. The Hall–Kier alpha value is -2.35. The molecule has 1 aromatic carbocycles. The Bertz CT molecular complexity index is 850. The topological polar surface area (TPSA) is 88.3 Å². The Labute approximate surface area is 149 Å². The molecule has 2 aliphatic heterocycles. The number of carbonyl (C=O) groups excluding carboxylic acids is 2. The van der Waals surface area contributed by atoms with Crippen LogP contribution in [-0.4, -0.2) is 38.7 Å². The van der Waals surface area contributed by atoms with E-state index in [0.29, 0.717) is 29.6 Å². The Kier molecular flexibility index (Phi) is 3.99.